The molecular formula is C13H19N3O2S. The molecule has 1 fully saturated rings. The standard InChI is InChI=1S/C13H19N3O2S/c1-13(2,11(14)15-18)12(17)16(9-5-6-9)8-10-4-3-7-19-10/h3-4,7,9,18H,5-6,8H2,1-2H3,(H2,14,15). The molecule has 1 heterocycles. The highest BCUT2D eigenvalue weighted by molar-refractivity contribution is 7.09. The van der Waals surface area contributed by atoms with Crippen molar-refractivity contribution in [2.45, 2.75) is 39.3 Å². The summed E-state index contributed by atoms with van der Waals surface area (Å²) >= 11 is 1.63. The van der Waals surface area contributed by atoms with Crippen molar-refractivity contribution in [3.8, 4) is 0 Å². The number of nitrogens with zero attached hydrogens (tertiary/aromatic N) is 2. The van der Waals surface area contributed by atoms with Crippen molar-refractivity contribution < 1.29 is 10.0 Å². The van der Waals surface area contributed by atoms with E-state index >= 15 is 0 Å². The van der Waals surface area contributed by atoms with Crippen LogP contribution in [0.4, 0.5) is 0 Å². The van der Waals surface area contributed by atoms with E-state index in [-0.39, 0.29) is 11.7 Å². The van der Waals surface area contributed by atoms with Crippen molar-refractivity contribution in [1.82, 2.24) is 4.90 Å². The molecular weight excluding hydrogens is 262 g/mol. The number of hydrogen-bond acceptors (Lipinski definition) is 4. The first-order chi connectivity index (χ1) is 8.96. The van der Waals surface area contributed by atoms with Crippen LogP contribution in [0.15, 0.2) is 22.7 Å². The Hall–Kier alpha value is -1.56. The molecule has 0 saturated heterocycles. The van der Waals surface area contributed by atoms with Gasteiger partial charge in [-0.1, -0.05) is 11.2 Å². The minimum Gasteiger partial charge on any atom is -0.409 e. The number of amidine groups is 1. The molecule has 0 spiro atoms. The van der Waals surface area contributed by atoms with Gasteiger partial charge in [-0.3, -0.25) is 4.79 Å². The molecule has 1 aliphatic carbocycles. The molecule has 0 unspecified atom stereocenters. The van der Waals surface area contributed by atoms with Gasteiger partial charge in [-0.2, -0.15) is 0 Å². The maximum Gasteiger partial charge on any atom is 0.236 e. The number of thiophene rings is 1. The molecule has 2 rings (SSSR count). The predicted octanol–water partition coefficient (Wildman–Crippen LogP) is 2.01. The first-order valence-electron chi connectivity index (χ1n) is 6.28. The third-order valence-corrected chi connectivity index (χ3v) is 4.30. The average Bonchev–Trinajstić information content (AvgIpc) is 3.11. The van der Waals surface area contributed by atoms with Crippen LogP contribution in [0.25, 0.3) is 0 Å². The Kier molecular flexibility index (Phi) is 3.80. The van der Waals surface area contributed by atoms with Crippen molar-refractivity contribution in [2.24, 2.45) is 16.3 Å². The van der Waals surface area contributed by atoms with Gasteiger partial charge in [0, 0.05) is 10.9 Å². The van der Waals surface area contributed by atoms with E-state index in [2.05, 4.69) is 5.16 Å². The lowest BCUT2D eigenvalue weighted by Gasteiger charge is -2.31. The van der Waals surface area contributed by atoms with E-state index in [1.165, 1.54) is 0 Å². The van der Waals surface area contributed by atoms with Crippen LogP contribution in [0.3, 0.4) is 0 Å². The van der Waals surface area contributed by atoms with Gasteiger partial charge in [-0.25, -0.2) is 0 Å². The van der Waals surface area contributed by atoms with Crippen LogP contribution in [0.2, 0.25) is 0 Å². The summed E-state index contributed by atoms with van der Waals surface area (Å²) in [6.45, 7) is 3.98. The van der Waals surface area contributed by atoms with Gasteiger partial charge >= 0.3 is 0 Å². The molecule has 19 heavy (non-hydrogen) atoms. The van der Waals surface area contributed by atoms with Crippen molar-refractivity contribution in [3.05, 3.63) is 22.4 Å². The summed E-state index contributed by atoms with van der Waals surface area (Å²) < 4.78 is 0. The molecule has 1 saturated carbocycles. The van der Waals surface area contributed by atoms with Gasteiger partial charge in [0.2, 0.25) is 5.91 Å². The van der Waals surface area contributed by atoms with Crippen LogP contribution in [0.1, 0.15) is 31.6 Å². The molecule has 0 bridgehead atoms. The van der Waals surface area contributed by atoms with Gasteiger partial charge in [-0.15, -0.1) is 11.3 Å². The lowest BCUT2D eigenvalue weighted by atomic mass is 9.90. The van der Waals surface area contributed by atoms with Crippen molar-refractivity contribution >= 4 is 23.1 Å². The number of oxime groups is 1. The molecule has 1 aromatic heterocycles. The largest absolute Gasteiger partial charge is 0.409 e. The monoisotopic (exact) mass is 281 g/mol. The summed E-state index contributed by atoms with van der Waals surface area (Å²) in [6, 6.07) is 4.29. The molecule has 3 N–H and O–H groups in total. The SMILES string of the molecule is CC(C)(C(=O)N(Cc1cccs1)C1CC1)C(N)=NO. The third kappa shape index (κ3) is 2.89. The molecule has 104 valence electrons. The first kappa shape index (κ1) is 13.9. The summed E-state index contributed by atoms with van der Waals surface area (Å²) in [4.78, 5) is 15.6. The molecule has 1 aliphatic rings. The Labute approximate surface area is 116 Å². The number of amides is 1. The van der Waals surface area contributed by atoms with Crippen LogP contribution >= 0.6 is 11.3 Å². The Morgan fingerprint density at radius 3 is 2.79 bits per heavy atom. The molecule has 6 heteroatoms. The minimum atomic E-state index is -0.978. The number of nitrogens with two attached hydrogens (primary N) is 1. The Balaban J connectivity index is 2.17. The van der Waals surface area contributed by atoms with Crippen LogP contribution in [-0.2, 0) is 11.3 Å². The van der Waals surface area contributed by atoms with Crippen molar-refractivity contribution in [3.63, 3.8) is 0 Å². The molecule has 0 aliphatic heterocycles. The van der Waals surface area contributed by atoms with Gasteiger partial charge in [0.15, 0.2) is 5.84 Å². The summed E-state index contributed by atoms with van der Waals surface area (Å²) in [5.74, 6) is -0.131. The number of rotatable bonds is 5. The van der Waals surface area contributed by atoms with Crippen molar-refractivity contribution in [2.75, 3.05) is 0 Å². The van der Waals surface area contributed by atoms with Crippen LogP contribution in [-0.4, -0.2) is 27.9 Å². The van der Waals surface area contributed by atoms with Crippen molar-refractivity contribution in [1.29, 1.82) is 0 Å². The lowest BCUT2D eigenvalue weighted by molar-refractivity contribution is -0.138. The smallest absolute Gasteiger partial charge is 0.236 e. The highest BCUT2D eigenvalue weighted by Gasteiger charge is 2.42. The summed E-state index contributed by atoms with van der Waals surface area (Å²) in [5, 5.41) is 13.8. The second-order valence-electron chi connectivity index (χ2n) is 5.35. The van der Waals surface area contributed by atoms with E-state index < -0.39 is 5.41 Å². The fraction of sp³-hybridized carbons (Fsp3) is 0.538. The third-order valence-electron chi connectivity index (χ3n) is 3.44. The second kappa shape index (κ2) is 5.21. The van der Waals surface area contributed by atoms with E-state index in [0.29, 0.717) is 12.6 Å². The molecule has 1 amide bonds. The second-order valence-corrected chi connectivity index (χ2v) is 6.39. The Morgan fingerprint density at radius 2 is 2.32 bits per heavy atom. The zero-order valence-corrected chi connectivity index (χ0v) is 12.0. The highest BCUT2D eigenvalue weighted by Crippen LogP contribution is 2.33. The predicted molar refractivity (Wildman–Crippen MR) is 75.1 cm³/mol. The lowest BCUT2D eigenvalue weighted by Crippen LogP contribution is -2.48. The summed E-state index contributed by atoms with van der Waals surface area (Å²) in [7, 11) is 0. The average molecular weight is 281 g/mol. The maximum atomic E-state index is 12.6. The Morgan fingerprint density at radius 1 is 1.63 bits per heavy atom. The van der Waals surface area contributed by atoms with Gasteiger partial charge in [-0.05, 0) is 38.1 Å². The quantitative estimate of drug-likeness (QED) is 0.375. The van der Waals surface area contributed by atoms with Crippen LogP contribution in [0.5, 0.6) is 0 Å². The Bertz CT molecular complexity index is 478. The van der Waals surface area contributed by atoms with Crippen LogP contribution < -0.4 is 5.73 Å². The van der Waals surface area contributed by atoms with Gasteiger partial charge in [0.1, 0.15) is 5.41 Å². The normalized spacial score (nSPS) is 16.4. The van der Waals surface area contributed by atoms with Crippen LogP contribution in [0, 0.1) is 5.41 Å². The van der Waals surface area contributed by atoms with Gasteiger partial charge < -0.3 is 15.8 Å². The number of hydrogen-bond donors (Lipinski definition) is 2. The van der Waals surface area contributed by atoms with E-state index in [1.807, 2.05) is 22.4 Å². The van der Waals surface area contributed by atoms with Gasteiger partial charge in [0.25, 0.3) is 0 Å². The zero-order valence-electron chi connectivity index (χ0n) is 11.2. The van der Waals surface area contributed by atoms with E-state index in [9.17, 15) is 4.79 Å². The molecule has 0 atom stereocenters. The fourth-order valence-corrected chi connectivity index (χ4v) is 2.62. The summed E-state index contributed by atoms with van der Waals surface area (Å²) in [5.41, 5.74) is 4.66. The first-order valence-corrected chi connectivity index (χ1v) is 7.16. The molecule has 0 aromatic carbocycles. The van der Waals surface area contributed by atoms with Gasteiger partial charge in [0.05, 0.1) is 6.54 Å². The number of carbonyl (C=O) groups is 1. The molecule has 1 aromatic rings. The topological polar surface area (TPSA) is 78.9 Å². The maximum absolute atomic E-state index is 12.6. The minimum absolute atomic E-state index is 0.0469. The molecule has 5 nitrogen and oxygen atoms in total. The number of carbonyl (C=O) groups excluding carboxylic acids is 1. The molecule has 0 radical (unpaired) electrons. The van der Waals surface area contributed by atoms with E-state index in [4.69, 9.17) is 10.9 Å². The van der Waals surface area contributed by atoms with E-state index in [0.717, 1.165) is 17.7 Å². The summed E-state index contributed by atoms with van der Waals surface area (Å²) in [6.07, 6.45) is 2.06. The fourth-order valence-electron chi connectivity index (χ4n) is 1.92. The van der Waals surface area contributed by atoms with E-state index in [1.54, 1.807) is 25.2 Å². The zero-order chi connectivity index (χ0) is 14.0. The highest BCUT2D eigenvalue weighted by atomic mass is 32.1.